The van der Waals surface area contributed by atoms with Crippen LogP contribution in [-0.2, 0) is 4.79 Å². The minimum Gasteiger partial charge on any atom is -0.493 e. The molecule has 0 radical (unpaired) electrons. The van der Waals surface area contributed by atoms with E-state index >= 15 is 0 Å². The van der Waals surface area contributed by atoms with Gasteiger partial charge >= 0.3 is 0 Å². The summed E-state index contributed by atoms with van der Waals surface area (Å²) in [5.41, 5.74) is 0.170. The third-order valence-electron chi connectivity index (χ3n) is 4.33. The molecule has 1 heterocycles. The number of carbonyl (C=O) groups is 2. The lowest BCUT2D eigenvalue weighted by Gasteiger charge is -2.25. The second kappa shape index (κ2) is 8.40. The summed E-state index contributed by atoms with van der Waals surface area (Å²) in [5, 5.41) is 9.14. The average Bonchev–Trinajstić information content (AvgIpc) is 2.61. The summed E-state index contributed by atoms with van der Waals surface area (Å²) in [6.45, 7) is 7.15. The van der Waals surface area contributed by atoms with Gasteiger partial charge in [-0.05, 0) is 25.5 Å². The Bertz CT molecular complexity index is 661. The van der Waals surface area contributed by atoms with Crippen molar-refractivity contribution in [2.45, 2.75) is 39.7 Å². The van der Waals surface area contributed by atoms with Crippen LogP contribution in [0.1, 0.15) is 44.0 Å². The van der Waals surface area contributed by atoms with Gasteiger partial charge in [0.05, 0.1) is 25.5 Å². The number of methoxy groups -OCH3 is 2. The maximum atomic E-state index is 12.8. The van der Waals surface area contributed by atoms with Crippen LogP contribution >= 0.6 is 0 Å². The van der Waals surface area contributed by atoms with Crippen molar-refractivity contribution in [3.8, 4) is 11.5 Å². The lowest BCUT2D eigenvalue weighted by Crippen LogP contribution is -2.45. The predicted molar refractivity (Wildman–Crippen MR) is 101 cm³/mol. The van der Waals surface area contributed by atoms with Crippen LogP contribution in [0.25, 0.3) is 0 Å². The summed E-state index contributed by atoms with van der Waals surface area (Å²) in [6.07, 6.45) is 1.94. The Kier molecular flexibility index (Phi) is 6.47. The molecule has 1 aromatic carbocycles. The van der Waals surface area contributed by atoms with Crippen LogP contribution < -0.4 is 25.4 Å². The zero-order chi connectivity index (χ0) is 19.3. The number of hydrogen-bond acceptors (Lipinski definition) is 5. The fourth-order valence-corrected chi connectivity index (χ4v) is 2.72. The van der Waals surface area contributed by atoms with Crippen molar-refractivity contribution in [2.75, 3.05) is 32.6 Å². The Morgan fingerprint density at radius 2 is 1.81 bits per heavy atom. The van der Waals surface area contributed by atoms with Crippen LogP contribution in [0.4, 0.5) is 5.69 Å². The van der Waals surface area contributed by atoms with Gasteiger partial charge in [0.15, 0.2) is 11.5 Å². The average molecular weight is 363 g/mol. The molecule has 144 valence electrons. The first-order chi connectivity index (χ1) is 12.3. The van der Waals surface area contributed by atoms with Crippen molar-refractivity contribution >= 4 is 17.5 Å². The molecular formula is C19H29N3O4. The van der Waals surface area contributed by atoms with E-state index in [9.17, 15) is 9.59 Å². The summed E-state index contributed by atoms with van der Waals surface area (Å²) in [7, 11) is 3.03. The van der Waals surface area contributed by atoms with Crippen molar-refractivity contribution in [3.05, 3.63) is 17.7 Å². The SMILES string of the molecule is COc1cc(NC(=O)C(C)(C)C)c(C(=O)N[C@H]2CCCNC2)cc1OC. The molecule has 1 atom stereocenters. The van der Waals surface area contributed by atoms with Gasteiger partial charge < -0.3 is 25.4 Å². The van der Waals surface area contributed by atoms with Gasteiger partial charge in [0, 0.05) is 24.1 Å². The molecule has 7 nitrogen and oxygen atoms in total. The third-order valence-corrected chi connectivity index (χ3v) is 4.33. The molecule has 1 saturated heterocycles. The fourth-order valence-electron chi connectivity index (χ4n) is 2.72. The molecule has 1 fully saturated rings. The number of carbonyl (C=O) groups excluding carboxylic acids is 2. The standard InChI is InChI=1S/C19H29N3O4/c1-19(2,3)18(24)22-14-10-16(26-5)15(25-4)9-13(14)17(23)21-12-7-6-8-20-11-12/h9-10,12,20H,6-8,11H2,1-5H3,(H,21,23)(H,22,24)/t12-/m0/s1. The van der Waals surface area contributed by atoms with E-state index in [0.717, 1.165) is 25.9 Å². The van der Waals surface area contributed by atoms with E-state index in [4.69, 9.17) is 9.47 Å². The number of benzene rings is 1. The normalized spacial score (nSPS) is 17.3. The lowest BCUT2D eigenvalue weighted by molar-refractivity contribution is -0.123. The summed E-state index contributed by atoms with van der Waals surface area (Å²) >= 11 is 0. The minimum atomic E-state index is -0.589. The van der Waals surface area contributed by atoms with Crippen molar-refractivity contribution in [1.82, 2.24) is 10.6 Å². The Morgan fingerprint density at radius 1 is 1.15 bits per heavy atom. The molecule has 0 spiro atoms. The molecule has 2 amide bonds. The van der Waals surface area contributed by atoms with Crippen LogP contribution in [0.15, 0.2) is 12.1 Å². The maximum Gasteiger partial charge on any atom is 0.253 e. The predicted octanol–water partition coefficient (Wildman–Crippen LogP) is 2.17. The van der Waals surface area contributed by atoms with Crippen LogP contribution in [-0.4, -0.2) is 45.2 Å². The zero-order valence-electron chi connectivity index (χ0n) is 16.2. The molecule has 1 aliphatic rings. The van der Waals surface area contributed by atoms with Gasteiger partial charge in [-0.1, -0.05) is 20.8 Å². The van der Waals surface area contributed by atoms with Crippen molar-refractivity contribution < 1.29 is 19.1 Å². The summed E-state index contributed by atoms with van der Waals surface area (Å²) in [4.78, 5) is 25.3. The van der Waals surface area contributed by atoms with Crippen LogP contribution in [0.3, 0.4) is 0 Å². The van der Waals surface area contributed by atoms with Crippen molar-refractivity contribution in [2.24, 2.45) is 5.41 Å². The maximum absolute atomic E-state index is 12.8. The van der Waals surface area contributed by atoms with Crippen molar-refractivity contribution in [3.63, 3.8) is 0 Å². The van der Waals surface area contributed by atoms with Crippen LogP contribution in [0.2, 0.25) is 0 Å². The summed E-state index contributed by atoms with van der Waals surface area (Å²) in [5.74, 6) is 0.461. The molecule has 0 aromatic heterocycles. The molecule has 0 unspecified atom stereocenters. The minimum absolute atomic E-state index is 0.0653. The first kappa shape index (κ1) is 20.0. The second-order valence-corrected chi connectivity index (χ2v) is 7.47. The molecular weight excluding hydrogens is 334 g/mol. The lowest BCUT2D eigenvalue weighted by atomic mass is 9.95. The molecule has 3 N–H and O–H groups in total. The number of anilines is 1. The monoisotopic (exact) mass is 363 g/mol. The number of nitrogens with one attached hydrogen (secondary N) is 3. The zero-order valence-corrected chi connectivity index (χ0v) is 16.2. The molecule has 2 rings (SSSR count). The number of hydrogen-bond donors (Lipinski definition) is 3. The van der Waals surface area contributed by atoms with Gasteiger partial charge in [0.25, 0.3) is 5.91 Å². The number of piperidine rings is 1. The molecule has 1 aliphatic heterocycles. The number of rotatable bonds is 5. The highest BCUT2D eigenvalue weighted by atomic mass is 16.5. The van der Waals surface area contributed by atoms with E-state index in [1.54, 1.807) is 12.1 Å². The van der Waals surface area contributed by atoms with E-state index in [2.05, 4.69) is 16.0 Å². The highest BCUT2D eigenvalue weighted by molar-refractivity contribution is 6.05. The van der Waals surface area contributed by atoms with Gasteiger partial charge in [0.2, 0.25) is 5.91 Å². The third kappa shape index (κ3) is 4.88. The van der Waals surface area contributed by atoms with E-state index in [0.29, 0.717) is 22.7 Å². The van der Waals surface area contributed by atoms with E-state index in [1.807, 2.05) is 20.8 Å². The molecule has 26 heavy (non-hydrogen) atoms. The highest BCUT2D eigenvalue weighted by Gasteiger charge is 2.26. The Balaban J connectivity index is 2.34. The molecule has 0 aliphatic carbocycles. The molecule has 1 aromatic rings. The topological polar surface area (TPSA) is 88.7 Å². The van der Waals surface area contributed by atoms with E-state index in [-0.39, 0.29) is 17.9 Å². The van der Waals surface area contributed by atoms with E-state index < -0.39 is 5.41 Å². The van der Waals surface area contributed by atoms with Gasteiger partial charge in [0.1, 0.15) is 0 Å². The van der Waals surface area contributed by atoms with E-state index in [1.165, 1.54) is 14.2 Å². The van der Waals surface area contributed by atoms with Crippen LogP contribution in [0, 0.1) is 5.41 Å². The van der Waals surface area contributed by atoms with Crippen LogP contribution in [0.5, 0.6) is 11.5 Å². The first-order valence-electron chi connectivity index (χ1n) is 8.85. The number of amides is 2. The summed E-state index contributed by atoms with van der Waals surface area (Å²) in [6, 6.07) is 3.29. The highest BCUT2D eigenvalue weighted by Crippen LogP contribution is 2.34. The Morgan fingerprint density at radius 3 is 2.35 bits per heavy atom. The molecule has 0 bridgehead atoms. The van der Waals surface area contributed by atoms with Gasteiger partial charge in [-0.25, -0.2) is 0 Å². The van der Waals surface area contributed by atoms with Gasteiger partial charge in [-0.3, -0.25) is 9.59 Å². The molecule has 0 saturated carbocycles. The molecule has 7 heteroatoms. The quantitative estimate of drug-likeness (QED) is 0.746. The largest absolute Gasteiger partial charge is 0.493 e. The van der Waals surface area contributed by atoms with Gasteiger partial charge in [-0.15, -0.1) is 0 Å². The smallest absolute Gasteiger partial charge is 0.253 e. The summed E-state index contributed by atoms with van der Waals surface area (Å²) < 4.78 is 10.6. The Hall–Kier alpha value is -2.28. The number of ether oxygens (including phenoxy) is 2. The second-order valence-electron chi connectivity index (χ2n) is 7.47. The first-order valence-corrected chi connectivity index (χ1v) is 8.85. The van der Waals surface area contributed by atoms with Crippen molar-refractivity contribution in [1.29, 1.82) is 0 Å². The fraction of sp³-hybridized carbons (Fsp3) is 0.579. The van der Waals surface area contributed by atoms with Gasteiger partial charge in [-0.2, -0.15) is 0 Å². The Labute approximate surface area is 154 Å².